The van der Waals surface area contributed by atoms with Gasteiger partial charge in [-0.3, -0.25) is 28.8 Å². The lowest BCUT2D eigenvalue weighted by Gasteiger charge is -2.51. The summed E-state index contributed by atoms with van der Waals surface area (Å²) in [6, 6.07) is -3.00. The number of likely N-dealkylation sites (N-methyl/N-ethyl adjacent to an activating group) is 4. The quantitative estimate of drug-likeness (QED) is 0.0312. The lowest BCUT2D eigenvalue weighted by molar-refractivity contribution is -0.363. The first-order valence-electron chi connectivity index (χ1n) is 48.0. The second-order valence-electron chi connectivity index (χ2n) is 41.9. The van der Waals surface area contributed by atoms with Crippen LogP contribution in [0.15, 0.2) is 12.3 Å². The molecule has 7 rings (SSSR count). The molecule has 0 aromatic heterocycles. The summed E-state index contributed by atoms with van der Waals surface area (Å²) < 4.78 is 120. The van der Waals surface area contributed by atoms with E-state index in [4.69, 9.17) is 95.7 Å². The van der Waals surface area contributed by atoms with E-state index in [0.717, 1.165) is 20.8 Å². The lowest BCUT2D eigenvalue weighted by Crippen LogP contribution is -2.66. The van der Waals surface area contributed by atoms with E-state index in [-0.39, 0.29) is 75.0 Å². The molecule has 0 bridgehead atoms. The predicted octanol–water partition coefficient (Wildman–Crippen LogP) is 5.43. The van der Waals surface area contributed by atoms with Crippen LogP contribution in [-0.2, 0) is 119 Å². The molecule has 0 amide bonds. The zero-order chi connectivity index (χ0) is 102. The minimum atomic E-state index is -1.90. The molecule has 7 saturated heterocycles. The summed E-state index contributed by atoms with van der Waals surface area (Å²) in [5.41, 5.74) is -3.07. The Labute approximate surface area is 796 Å². The average molecular weight is 1930 g/mol. The maximum absolute atomic E-state index is 14.7. The van der Waals surface area contributed by atoms with Crippen molar-refractivity contribution in [3.8, 4) is 0 Å². The van der Waals surface area contributed by atoms with Gasteiger partial charge in [0.2, 0.25) is 0 Å². The van der Waals surface area contributed by atoms with Crippen molar-refractivity contribution in [2.45, 2.75) is 449 Å². The van der Waals surface area contributed by atoms with Gasteiger partial charge < -0.3 is 156 Å². The zero-order valence-electron chi connectivity index (χ0n) is 86.5. The van der Waals surface area contributed by atoms with Gasteiger partial charge in [0.1, 0.15) is 72.7 Å². The molecule has 38 heteroatoms. The standard InChI is InChI=1S/C53H92N2O20.C43H81N3O13/c1-20-38-53(15,63)45(59)31(8)55(18)24-27(4)22-51(13,62)47(29(6)40(30(7)48(61)72-38)73-39-23-52(14,64-19)46(60)32(9)67-39)75-49-41(36(54(16)17)21-28(5)66-49)74-50-44(70-35(12)58)43(69-34(11)57)42(68-33(10)56)37(71-50)25-65-26(2)3;1-17-30-43(12,52)35(47)27(8)46(15)21-23(4)19-41(10,51)37(59-40-34(58-39(50)32(44)22(2)3)29(45(13)14)18-24(5)54-40)25(6)33(26(7)38(49)56-30)57-31-20-42(11,53-16)36(48)28(9)55-31/h27-32,36-47,49-50,59-60,62-63H,2,20-25H2,1,3-19H3;22-37,40,47-48,51-52H,17-21,44H2,1-16H3/t27-,28-,29+,30-,31-,32+,36?,37-,38-,39+,40+,41-,42-,43+,44-,45-,46+,47-,49+,50?,51-,52-,53-;23-,24-,25+,26-,27-,28+,29?,30-,31+,32?,33+,34-,35-,36+,37-,40+,41-,42-,43-/m11/s1. The number of aliphatic hydroxyl groups excluding tert-OH is 4. The molecule has 38 nitrogen and oxygen atoms in total. The number of carbonyl (C=O) groups excluding carboxylic acids is 6. The summed E-state index contributed by atoms with van der Waals surface area (Å²) in [7, 11) is 14.0. The Morgan fingerprint density at radius 2 is 0.851 bits per heavy atom. The molecule has 0 aromatic rings. The largest absolute Gasteiger partial charge is 0.496 e. The van der Waals surface area contributed by atoms with Crippen LogP contribution < -0.4 is 5.73 Å². The molecule has 0 radical (unpaired) electrons. The molecule has 7 aliphatic rings. The molecule has 780 valence electrons. The second kappa shape index (κ2) is 49.4. The van der Waals surface area contributed by atoms with Crippen molar-refractivity contribution in [1.82, 2.24) is 19.6 Å². The van der Waals surface area contributed by atoms with Gasteiger partial charge in [-0.1, -0.05) is 62.0 Å². The van der Waals surface area contributed by atoms with E-state index in [1.807, 2.05) is 103 Å². The summed E-state index contributed by atoms with van der Waals surface area (Å²) in [6.45, 7) is 47.6. The Kier molecular flexibility index (Phi) is 43.5. The van der Waals surface area contributed by atoms with Crippen molar-refractivity contribution in [1.29, 1.82) is 0 Å². The van der Waals surface area contributed by atoms with Crippen LogP contribution in [0.4, 0.5) is 0 Å². The summed E-state index contributed by atoms with van der Waals surface area (Å²) >= 11 is 0. The van der Waals surface area contributed by atoms with Crippen molar-refractivity contribution in [2.75, 3.05) is 76.2 Å². The van der Waals surface area contributed by atoms with Crippen molar-refractivity contribution >= 4 is 35.8 Å². The highest BCUT2D eigenvalue weighted by molar-refractivity contribution is 5.76. The van der Waals surface area contributed by atoms with E-state index in [0.29, 0.717) is 31.7 Å². The second-order valence-corrected chi connectivity index (χ2v) is 41.9. The summed E-state index contributed by atoms with van der Waals surface area (Å²) in [5, 5.41) is 95.3. The van der Waals surface area contributed by atoms with Crippen molar-refractivity contribution in [3.05, 3.63) is 12.3 Å². The van der Waals surface area contributed by atoms with Gasteiger partial charge >= 0.3 is 35.8 Å². The molecular weight excluding hydrogens is 1750 g/mol. The Morgan fingerprint density at radius 3 is 1.20 bits per heavy atom. The molecule has 42 atom stereocenters. The van der Waals surface area contributed by atoms with E-state index in [1.165, 1.54) is 28.1 Å². The van der Waals surface area contributed by atoms with E-state index >= 15 is 0 Å². The number of esters is 6. The zero-order valence-corrected chi connectivity index (χ0v) is 86.5. The Bertz CT molecular complexity index is 3710. The van der Waals surface area contributed by atoms with Crippen LogP contribution >= 0.6 is 0 Å². The number of ether oxygens (including phenoxy) is 19. The lowest BCUT2D eigenvalue weighted by atomic mass is 9.77. The van der Waals surface area contributed by atoms with Gasteiger partial charge in [-0.25, -0.2) is 0 Å². The van der Waals surface area contributed by atoms with Crippen molar-refractivity contribution in [3.63, 3.8) is 0 Å². The number of rotatable bonds is 25. The van der Waals surface area contributed by atoms with E-state index < -0.39 is 265 Å². The molecule has 7 heterocycles. The van der Waals surface area contributed by atoms with Crippen LogP contribution in [0.2, 0.25) is 0 Å². The van der Waals surface area contributed by atoms with E-state index in [2.05, 4.69) is 6.58 Å². The number of allylic oxidation sites excluding steroid dienone is 1. The number of hydrogen-bond acceptors (Lipinski definition) is 38. The van der Waals surface area contributed by atoms with E-state index in [1.54, 1.807) is 104 Å². The fourth-order valence-corrected chi connectivity index (χ4v) is 20.7. The number of hydrogen-bond donors (Lipinski definition) is 9. The van der Waals surface area contributed by atoms with Crippen LogP contribution in [0.5, 0.6) is 0 Å². The Hall–Kier alpha value is -4.64. The molecule has 0 saturated carbocycles. The highest BCUT2D eigenvalue weighted by Crippen LogP contribution is 2.46. The average Bonchev–Trinajstić information content (AvgIpc) is 1.05. The van der Waals surface area contributed by atoms with Crippen LogP contribution in [-0.4, -0.2) is 390 Å². The molecule has 134 heavy (non-hydrogen) atoms. The minimum absolute atomic E-state index is 0.0290. The topological polar surface area (TPSA) is 479 Å². The molecule has 0 spiro atoms. The summed E-state index contributed by atoms with van der Waals surface area (Å²) in [5.74, 6) is -8.84. The third-order valence-corrected chi connectivity index (χ3v) is 28.9. The van der Waals surface area contributed by atoms with Crippen LogP contribution in [0.25, 0.3) is 0 Å². The maximum atomic E-state index is 14.7. The van der Waals surface area contributed by atoms with Gasteiger partial charge in [-0.2, -0.15) is 0 Å². The first-order chi connectivity index (χ1) is 61.8. The van der Waals surface area contributed by atoms with Gasteiger partial charge in [0.05, 0.1) is 94.9 Å². The number of nitrogens with zero attached hydrogens (tertiary/aromatic N) is 4. The van der Waals surface area contributed by atoms with Gasteiger partial charge in [-0.05, 0) is 202 Å². The molecule has 0 aromatic carbocycles. The molecule has 10 N–H and O–H groups in total. The molecule has 0 aliphatic carbocycles. The number of nitrogens with two attached hydrogens (primary N) is 1. The normalized spacial score (nSPS) is 44.7. The van der Waals surface area contributed by atoms with Crippen molar-refractivity contribution < 1.29 is 160 Å². The van der Waals surface area contributed by atoms with Gasteiger partial charge in [-0.15, -0.1) is 0 Å². The third-order valence-electron chi connectivity index (χ3n) is 28.9. The highest BCUT2D eigenvalue weighted by Gasteiger charge is 2.60. The number of methoxy groups -OCH3 is 2. The Balaban J connectivity index is 0.000000424. The molecule has 7 aliphatic heterocycles. The smallest absolute Gasteiger partial charge is 0.323 e. The van der Waals surface area contributed by atoms with Crippen molar-refractivity contribution in [2.24, 2.45) is 47.2 Å². The SMILES string of the molecule is C=C(C)OC[C@H]1OC(O[C@@H]2C(N(C)C)C[C@@H](C)O[C@H]2O[C@@H]2[C@@H](C)[C@H](O[C@H]3C[C@@](C)(OC)[C@@H](O)[C@H](C)O3)[C@@H](C)C(=O)O[C@H](CC)[C@@](C)(O)[C@H](O)[C@@H](C)N(C)C[C@H](C)C[C@@]2(C)O)[C@H](OC(C)=O)[C@@H](OC(C)=O)[C@@H]1OC(C)=O.CC[C@H]1OC(=O)[C@H](C)[C@@H](O[C@H]2C[C@@](C)(OC)[C@@H](O)[C@H](C)O2)[C@H](C)[C@@H](O[C@@H]2O[C@H](C)CC(N(C)C)[C@H]2OC(=O)C(N)C(C)C)[C@](C)(O)C[C@@H](C)CN(C)[C@H](C)[C@@H](O)[C@]1(C)O. The van der Waals surface area contributed by atoms with Gasteiger partial charge in [0.15, 0.2) is 55.9 Å². The fraction of sp³-hybridized carbons (Fsp3) is 0.917. The highest BCUT2D eigenvalue weighted by atomic mass is 16.8. The van der Waals surface area contributed by atoms with Gasteiger partial charge in [0.25, 0.3) is 0 Å². The minimum Gasteiger partial charge on any atom is -0.496 e. The third kappa shape index (κ3) is 29.5. The van der Waals surface area contributed by atoms with E-state index in [9.17, 15) is 69.6 Å². The van der Waals surface area contributed by atoms with Gasteiger partial charge in [0, 0.05) is 90.9 Å². The predicted molar refractivity (Wildman–Crippen MR) is 490 cm³/mol. The molecular formula is C96H173N5O33. The Morgan fingerprint density at radius 1 is 0.493 bits per heavy atom. The van der Waals surface area contributed by atoms with Crippen LogP contribution in [0, 0.1) is 41.4 Å². The first-order valence-corrected chi connectivity index (χ1v) is 48.0. The molecule has 4 unspecified atom stereocenters. The summed E-state index contributed by atoms with van der Waals surface area (Å²) in [4.78, 5) is 88.6. The van der Waals surface area contributed by atoms with Crippen LogP contribution in [0.1, 0.15) is 231 Å². The fourth-order valence-electron chi connectivity index (χ4n) is 20.7. The monoisotopic (exact) mass is 1920 g/mol. The number of carbonyl (C=O) groups is 6. The number of cyclic esters (lactones) is 2. The van der Waals surface area contributed by atoms with Crippen LogP contribution in [0.3, 0.4) is 0 Å². The number of aliphatic hydroxyl groups is 8. The molecule has 7 fully saturated rings. The maximum Gasteiger partial charge on any atom is 0.323 e. The summed E-state index contributed by atoms with van der Waals surface area (Å²) in [6.07, 6.45) is -26.2. The first kappa shape index (κ1) is 118.